The number of hydrogen-bond donors (Lipinski definition) is 3. The predicted molar refractivity (Wildman–Crippen MR) is 89.3 cm³/mol. The second-order valence-electron chi connectivity index (χ2n) is 6.39. The summed E-state index contributed by atoms with van der Waals surface area (Å²) in [6, 6.07) is 7.20. The van der Waals surface area contributed by atoms with Crippen LogP contribution in [0.25, 0.3) is 11.0 Å². The van der Waals surface area contributed by atoms with Crippen molar-refractivity contribution in [3.63, 3.8) is 0 Å². The van der Waals surface area contributed by atoms with Crippen molar-refractivity contribution in [1.29, 1.82) is 0 Å². The van der Waals surface area contributed by atoms with E-state index < -0.39 is 6.10 Å². The van der Waals surface area contributed by atoms with Gasteiger partial charge in [0.05, 0.1) is 18.2 Å². The van der Waals surface area contributed by atoms with Crippen LogP contribution in [0.2, 0.25) is 0 Å². The van der Waals surface area contributed by atoms with Crippen LogP contribution >= 0.6 is 0 Å². The topological polar surface area (TPSA) is 74.5 Å². The molecule has 1 aromatic carbocycles. The standard InChI is InChI=1S/C18H24N2O3/c1-11-13-7-3-6-10-16(13)23-17(11)12(2)19-18(22)20-14-8-4-5-9-15(14)21/h3,6-7,10,12,14-15,21H,4-5,8-9H2,1-2H3,(H2,19,20,22)/t12-,14?,15?/m1/s1. The van der Waals surface area contributed by atoms with E-state index in [1.165, 1.54) is 0 Å². The van der Waals surface area contributed by atoms with Crippen LogP contribution in [0.15, 0.2) is 28.7 Å². The summed E-state index contributed by atoms with van der Waals surface area (Å²) in [7, 11) is 0. The van der Waals surface area contributed by atoms with Gasteiger partial charge in [-0.2, -0.15) is 0 Å². The Morgan fingerprint density at radius 3 is 2.78 bits per heavy atom. The average molecular weight is 316 g/mol. The molecule has 3 N–H and O–H groups in total. The third-order valence-corrected chi connectivity index (χ3v) is 4.67. The first-order valence-corrected chi connectivity index (χ1v) is 8.29. The zero-order valence-electron chi connectivity index (χ0n) is 13.6. The van der Waals surface area contributed by atoms with Crippen molar-refractivity contribution in [2.75, 3.05) is 0 Å². The zero-order chi connectivity index (χ0) is 16.4. The number of furan rings is 1. The van der Waals surface area contributed by atoms with E-state index in [2.05, 4.69) is 10.6 Å². The van der Waals surface area contributed by atoms with E-state index in [1.54, 1.807) is 0 Å². The normalized spacial score (nSPS) is 22.7. The fourth-order valence-electron chi connectivity index (χ4n) is 3.36. The molecule has 1 aliphatic rings. The minimum absolute atomic E-state index is 0.160. The van der Waals surface area contributed by atoms with Crippen LogP contribution in [0.3, 0.4) is 0 Å². The molecule has 0 spiro atoms. The minimum Gasteiger partial charge on any atom is -0.459 e. The lowest BCUT2D eigenvalue weighted by atomic mass is 9.93. The maximum atomic E-state index is 12.2. The van der Waals surface area contributed by atoms with Gasteiger partial charge in [-0.25, -0.2) is 4.79 Å². The van der Waals surface area contributed by atoms with E-state index in [4.69, 9.17) is 4.42 Å². The second kappa shape index (κ2) is 6.62. The smallest absolute Gasteiger partial charge is 0.315 e. The number of carbonyl (C=O) groups is 1. The second-order valence-corrected chi connectivity index (χ2v) is 6.39. The van der Waals surface area contributed by atoms with E-state index >= 15 is 0 Å². The first-order valence-electron chi connectivity index (χ1n) is 8.29. The number of fused-ring (bicyclic) bond motifs is 1. The number of amides is 2. The molecule has 0 radical (unpaired) electrons. The van der Waals surface area contributed by atoms with Crippen LogP contribution in [0.1, 0.15) is 50.0 Å². The summed E-state index contributed by atoms with van der Waals surface area (Å²) < 4.78 is 5.88. The highest BCUT2D eigenvalue weighted by Crippen LogP contribution is 2.29. The van der Waals surface area contributed by atoms with Crippen molar-refractivity contribution >= 4 is 17.0 Å². The number of carbonyl (C=O) groups excluding carboxylic acids is 1. The van der Waals surface area contributed by atoms with Crippen molar-refractivity contribution in [1.82, 2.24) is 10.6 Å². The van der Waals surface area contributed by atoms with E-state index in [9.17, 15) is 9.90 Å². The number of aryl methyl sites for hydroxylation is 1. The van der Waals surface area contributed by atoms with Gasteiger partial charge in [0.25, 0.3) is 0 Å². The number of benzene rings is 1. The molecule has 1 heterocycles. The Hall–Kier alpha value is -2.01. The third-order valence-electron chi connectivity index (χ3n) is 4.67. The van der Waals surface area contributed by atoms with Gasteiger partial charge in [0.2, 0.25) is 0 Å². The summed E-state index contributed by atoms with van der Waals surface area (Å²) in [5.41, 5.74) is 1.88. The molecule has 3 rings (SSSR count). The quantitative estimate of drug-likeness (QED) is 0.812. The largest absolute Gasteiger partial charge is 0.459 e. The summed E-state index contributed by atoms with van der Waals surface area (Å²) in [5, 5.41) is 16.8. The number of rotatable bonds is 3. The Morgan fingerprint density at radius 1 is 1.30 bits per heavy atom. The lowest BCUT2D eigenvalue weighted by Gasteiger charge is -2.28. The van der Waals surface area contributed by atoms with Crippen molar-refractivity contribution in [2.45, 2.75) is 57.7 Å². The Balaban J connectivity index is 1.66. The molecule has 0 aliphatic heterocycles. The molecule has 5 nitrogen and oxygen atoms in total. The molecule has 3 atom stereocenters. The van der Waals surface area contributed by atoms with Crippen LogP contribution < -0.4 is 10.6 Å². The average Bonchev–Trinajstić information content (AvgIpc) is 2.87. The van der Waals surface area contributed by atoms with Crippen LogP contribution in [0.4, 0.5) is 4.79 Å². The molecule has 1 saturated carbocycles. The first-order chi connectivity index (χ1) is 11.1. The Kier molecular flexibility index (Phi) is 4.57. The summed E-state index contributed by atoms with van der Waals surface area (Å²) in [6.45, 7) is 3.91. The van der Waals surface area contributed by atoms with Crippen LogP contribution in [-0.4, -0.2) is 23.3 Å². The zero-order valence-corrected chi connectivity index (χ0v) is 13.6. The summed E-state index contributed by atoms with van der Waals surface area (Å²) in [6.07, 6.45) is 3.20. The molecular formula is C18H24N2O3. The van der Waals surface area contributed by atoms with E-state index in [-0.39, 0.29) is 18.1 Å². The van der Waals surface area contributed by atoms with Crippen molar-refractivity contribution in [3.8, 4) is 0 Å². The maximum absolute atomic E-state index is 12.2. The molecule has 1 fully saturated rings. The summed E-state index contributed by atoms with van der Waals surface area (Å²) >= 11 is 0. The number of urea groups is 1. The van der Waals surface area contributed by atoms with Crippen molar-refractivity contribution < 1.29 is 14.3 Å². The minimum atomic E-state index is -0.447. The van der Waals surface area contributed by atoms with Gasteiger partial charge in [-0.1, -0.05) is 31.0 Å². The molecule has 2 amide bonds. The molecule has 0 saturated heterocycles. The Bertz CT molecular complexity index is 695. The SMILES string of the molecule is Cc1c([C@@H](C)NC(=O)NC2CCCCC2O)oc2ccccc12. The third kappa shape index (κ3) is 3.34. The highest BCUT2D eigenvalue weighted by molar-refractivity contribution is 5.82. The first kappa shape index (κ1) is 15.9. The lowest BCUT2D eigenvalue weighted by molar-refractivity contribution is 0.0940. The monoisotopic (exact) mass is 316 g/mol. The van der Waals surface area contributed by atoms with E-state index in [1.807, 2.05) is 38.1 Å². The highest BCUT2D eigenvalue weighted by Gasteiger charge is 2.25. The number of para-hydroxylation sites is 1. The van der Waals surface area contributed by atoms with Gasteiger partial charge in [0.15, 0.2) is 0 Å². The van der Waals surface area contributed by atoms with Gasteiger partial charge in [-0.3, -0.25) is 0 Å². The van der Waals surface area contributed by atoms with Gasteiger partial charge < -0.3 is 20.2 Å². The maximum Gasteiger partial charge on any atom is 0.315 e. The number of aliphatic hydroxyl groups excluding tert-OH is 1. The summed E-state index contributed by atoms with van der Waals surface area (Å²) in [4.78, 5) is 12.2. The Labute approximate surface area is 136 Å². The van der Waals surface area contributed by atoms with Crippen molar-refractivity contribution in [3.05, 3.63) is 35.6 Å². The number of aliphatic hydroxyl groups is 1. The predicted octanol–water partition coefficient (Wildman–Crippen LogP) is 3.40. The van der Waals surface area contributed by atoms with Gasteiger partial charge >= 0.3 is 6.03 Å². The molecule has 23 heavy (non-hydrogen) atoms. The molecule has 2 unspecified atom stereocenters. The Morgan fingerprint density at radius 2 is 2.04 bits per heavy atom. The fraction of sp³-hybridized carbons (Fsp3) is 0.500. The van der Waals surface area contributed by atoms with Gasteiger partial charge in [-0.05, 0) is 32.8 Å². The van der Waals surface area contributed by atoms with E-state index in [0.29, 0.717) is 0 Å². The number of nitrogens with one attached hydrogen (secondary N) is 2. The molecule has 1 aromatic heterocycles. The molecule has 5 heteroatoms. The van der Waals surface area contributed by atoms with Crippen LogP contribution in [0.5, 0.6) is 0 Å². The molecule has 2 aromatic rings. The lowest BCUT2D eigenvalue weighted by Crippen LogP contribution is -2.49. The van der Waals surface area contributed by atoms with Crippen molar-refractivity contribution in [2.24, 2.45) is 0 Å². The number of hydrogen-bond acceptors (Lipinski definition) is 3. The summed E-state index contributed by atoms with van der Waals surface area (Å²) in [5.74, 6) is 0.769. The van der Waals surface area contributed by atoms with E-state index in [0.717, 1.165) is 48.0 Å². The fourth-order valence-corrected chi connectivity index (χ4v) is 3.36. The highest BCUT2D eigenvalue weighted by atomic mass is 16.3. The van der Waals surface area contributed by atoms with Gasteiger partial charge in [0.1, 0.15) is 11.3 Å². The molecular weight excluding hydrogens is 292 g/mol. The molecule has 124 valence electrons. The van der Waals surface area contributed by atoms with Gasteiger partial charge in [0, 0.05) is 10.9 Å². The molecule has 0 bridgehead atoms. The van der Waals surface area contributed by atoms with Gasteiger partial charge in [-0.15, -0.1) is 0 Å². The van der Waals surface area contributed by atoms with Crippen LogP contribution in [-0.2, 0) is 0 Å². The van der Waals surface area contributed by atoms with Crippen LogP contribution in [0, 0.1) is 6.92 Å². The molecule has 1 aliphatic carbocycles.